The molecule has 3 nitrogen and oxygen atoms in total. The number of nitrogens with one attached hydrogen (secondary N) is 1. The first-order valence-corrected chi connectivity index (χ1v) is 6.20. The predicted molar refractivity (Wildman–Crippen MR) is 60.2 cm³/mol. The van der Waals surface area contributed by atoms with Crippen molar-refractivity contribution in [2.45, 2.75) is 32.6 Å². The van der Waals surface area contributed by atoms with E-state index in [-0.39, 0.29) is 11.8 Å². The van der Waals surface area contributed by atoms with Crippen LogP contribution in [-0.4, -0.2) is 19.0 Å². The number of carbonyl (C=O) groups excluding carboxylic acids is 1. The molecule has 4 atom stereocenters. The predicted octanol–water partition coefficient (Wildman–Crippen LogP) is 1.13. The molecule has 2 aliphatic rings. The Morgan fingerprint density at radius 3 is 2.73 bits per heavy atom. The monoisotopic (exact) mass is 210 g/mol. The molecular weight excluding hydrogens is 188 g/mol. The first-order valence-electron chi connectivity index (χ1n) is 6.20. The molecule has 2 saturated carbocycles. The summed E-state index contributed by atoms with van der Waals surface area (Å²) in [7, 11) is 0. The maximum Gasteiger partial charge on any atom is 0.223 e. The minimum Gasteiger partial charge on any atom is -0.356 e. The van der Waals surface area contributed by atoms with Crippen molar-refractivity contribution in [1.29, 1.82) is 0 Å². The highest BCUT2D eigenvalue weighted by Gasteiger charge is 2.35. The minimum atomic E-state index is 0.198. The summed E-state index contributed by atoms with van der Waals surface area (Å²) >= 11 is 0. The van der Waals surface area contributed by atoms with Gasteiger partial charge in [0.1, 0.15) is 0 Å². The summed E-state index contributed by atoms with van der Waals surface area (Å²) in [5.41, 5.74) is 5.67. The van der Waals surface area contributed by atoms with Gasteiger partial charge in [0.2, 0.25) is 5.91 Å². The van der Waals surface area contributed by atoms with Gasteiger partial charge in [-0.25, -0.2) is 0 Å². The Bertz CT molecular complexity index is 242. The molecular formula is C12H22N2O. The molecule has 0 radical (unpaired) electrons. The average Bonchev–Trinajstić information content (AvgIpc) is 2.78. The second-order valence-electron chi connectivity index (χ2n) is 5.25. The van der Waals surface area contributed by atoms with E-state index in [1.807, 2.05) is 0 Å². The van der Waals surface area contributed by atoms with Crippen LogP contribution in [0.4, 0.5) is 0 Å². The van der Waals surface area contributed by atoms with Crippen LogP contribution in [0.25, 0.3) is 0 Å². The summed E-state index contributed by atoms with van der Waals surface area (Å²) in [6.45, 7) is 3.79. The van der Waals surface area contributed by atoms with Crippen LogP contribution >= 0.6 is 0 Å². The van der Waals surface area contributed by atoms with Crippen molar-refractivity contribution in [2.75, 3.05) is 13.1 Å². The number of carbonyl (C=O) groups is 1. The first kappa shape index (κ1) is 10.9. The molecule has 3 N–H and O–H groups in total. The zero-order valence-corrected chi connectivity index (χ0v) is 9.54. The van der Waals surface area contributed by atoms with Crippen molar-refractivity contribution >= 4 is 5.91 Å². The molecule has 0 aromatic rings. The van der Waals surface area contributed by atoms with Crippen LogP contribution < -0.4 is 11.1 Å². The van der Waals surface area contributed by atoms with Crippen molar-refractivity contribution in [2.24, 2.45) is 29.4 Å². The van der Waals surface area contributed by atoms with E-state index in [9.17, 15) is 4.79 Å². The second kappa shape index (κ2) is 4.52. The average molecular weight is 210 g/mol. The van der Waals surface area contributed by atoms with Gasteiger partial charge in [-0.2, -0.15) is 0 Å². The van der Waals surface area contributed by atoms with Crippen LogP contribution in [0, 0.1) is 23.7 Å². The van der Waals surface area contributed by atoms with E-state index in [0.717, 1.165) is 31.2 Å². The van der Waals surface area contributed by atoms with E-state index in [2.05, 4.69) is 12.2 Å². The topological polar surface area (TPSA) is 55.1 Å². The highest BCUT2D eigenvalue weighted by molar-refractivity contribution is 5.79. The summed E-state index contributed by atoms with van der Waals surface area (Å²) in [6.07, 6.45) is 4.62. The Kier molecular flexibility index (Phi) is 3.29. The molecule has 0 spiro atoms. The normalized spacial score (nSPS) is 39.1. The first-order chi connectivity index (χ1) is 7.22. The van der Waals surface area contributed by atoms with Gasteiger partial charge in [-0.3, -0.25) is 4.79 Å². The van der Waals surface area contributed by atoms with Crippen LogP contribution in [0.1, 0.15) is 32.6 Å². The SMILES string of the molecule is CC1CC1CNC(=O)[C@@H]1CCC[C@@H]1CN. The lowest BCUT2D eigenvalue weighted by atomic mass is 9.95. The third-order valence-corrected chi connectivity index (χ3v) is 4.11. The molecule has 0 aliphatic heterocycles. The molecule has 86 valence electrons. The summed E-state index contributed by atoms with van der Waals surface area (Å²) in [6, 6.07) is 0. The molecule has 0 saturated heterocycles. The van der Waals surface area contributed by atoms with E-state index in [0.29, 0.717) is 12.5 Å². The summed E-state index contributed by atoms with van der Waals surface area (Å²) in [5.74, 6) is 2.44. The van der Waals surface area contributed by atoms with Crippen molar-refractivity contribution in [3.05, 3.63) is 0 Å². The molecule has 15 heavy (non-hydrogen) atoms. The van der Waals surface area contributed by atoms with Gasteiger partial charge in [0, 0.05) is 12.5 Å². The lowest BCUT2D eigenvalue weighted by Crippen LogP contribution is -2.36. The Morgan fingerprint density at radius 1 is 1.40 bits per heavy atom. The zero-order valence-electron chi connectivity index (χ0n) is 9.54. The quantitative estimate of drug-likeness (QED) is 0.731. The van der Waals surface area contributed by atoms with Crippen molar-refractivity contribution in [3.63, 3.8) is 0 Å². The second-order valence-corrected chi connectivity index (χ2v) is 5.25. The van der Waals surface area contributed by atoms with Gasteiger partial charge in [-0.05, 0) is 43.6 Å². The fourth-order valence-corrected chi connectivity index (χ4v) is 2.71. The molecule has 0 heterocycles. The van der Waals surface area contributed by atoms with Crippen LogP contribution in [0.15, 0.2) is 0 Å². The summed E-state index contributed by atoms with van der Waals surface area (Å²) < 4.78 is 0. The third kappa shape index (κ3) is 2.51. The van der Waals surface area contributed by atoms with Crippen LogP contribution in [-0.2, 0) is 4.79 Å². The van der Waals surface area contributed by atoms with E-state index in [1.54, 1.807) is 0 Å². The fraction of sp³-hybridized carbons (Fsp3) is 0.917. The molecule has 1 amide bonds. The van der Waals surface area contributed by atoms with Crippen LogP contribution in [0.3, 0.4) is 0 Å². The molecule has 2 aliphatic carbocycles. The number of nitrogens with two attached hydrogens (primary N) is 1. The Hall–Kier alpha value is -0.570. The molecule has 2 rings (SSSR count). The molecule has 0 aromatic heterocycles. The van der Waals surface area contributed by atoms with Gasteiger partial charge in [0.25, 0.3) is 0 Å². The van der Waals surface area contributed by atoms with Gasteiger partial charge in [-0.1, -0.05) is 13.3 Å². The van der Waals surface area contributed by atoms with Crippen LogP contribution in [0.2, 0.25) is 0 Å². The number of hydrogen-bond acceptors (Lipinski definition) is 2. The molecule has 0 aromatic carbocycles. The summed E-state index contributed by atoms with van der Waals surface area (Å²) in [5, 5.41) is 3.09. The Balaban J connectivity index is 1.74. The van der Waals surface area contributed by atoms with E-state index >= 15 is 0 Å². The largest absolute Gasteiger partial charge is 0.356 e. The highest BCUT2D eigenvalue weighted by atomic mass is 16.1. The van der Waals surface area contributed by atoms with Gasteiger partial charge >= 0.3 is 0 Å². The maximum atomic E-state index is 11.9. The maximum absolute atomic E-state index is 11.9. The third-order valence-electron chi connectivity index (χ3n) is 4.11. The Labute approximate surface area is 91.8 Å². The number of hydrogen-bond donors (Lipinski definition) is 2. The van der Waals surface area contributed by atoms with Gasteiger partial charge in [-0.15, -0.1) is 0 Å². The smallest absolute Gasteiger partial charge is 0.223 e. The molecule has 2 unspecified atom stereocenters. The molecule has 0 bridgehead atoms. The van der Waals surface area contributed by atoms with Gasteiger partial charge in [0.15, 0.2) is 0 Å². The lowest BCUT2D eigenvalue weighted by molar-refractivity contribution is -0.126. The van der Waals surface area contributed by atoms with E-state index in [1.165, 1.54) is 12.8 Å². The van der Waals surface area contributed by atoms with Crippen molar-refractivity contribution in [3.8, 4) is 0 Å². The van der Waals surface area contributed by atoms with Crippen LogP contribution in [0.5, 0.6) is 0 Å². The summed E-state index contributed by atoms with van der Waals surface area (Å²) in [4.78, 5) is 11.9. The highest BCUT2D eigenvalue weighted by Crippen LogP contribution is 2.37. The molecule has 2 fully saturated rings. The standard InChI is InChI=1S/C12H22N2O/c1-8-5-10(8)7-14-12(15)11-4-2-3-9(11)6-13/h8-11H,2-7,13H2,1H3,(H,14,15)/t8?,9-,10?,11-/m1/s1. The molecule has 3 heteroatoms. The van der Waals surface area contributed by atoms with E-state index < -0.39 is 0 Å². The lowest BCUT2D eigenvalue weighted by Gasteiger charge is -2.17. The van der Waals surface area contributed by atoms with Crippen molar-refractivity contribution < 1.29 is 4.79 Å². The van der Waals surface area contributed by atoms with Crippen molar-refractivity contribution in [1.82, 2.24) is 5.32 Å². The minimum absolute atomic E-state index is 0.198. The number of rotatable bonds is 4. The van der Waals surface area contributed by atoms with Gasteiger partial charge in [0.05, 0.1) is 0 Å². The zero-order chi connectivity index (χ0) is 10.8. The van der Waals surface area contributed by atoms with E-state index in [4.69, 9.17) is 5.73 Å². The Morgan fingerprint density at radius 2 is 2.13 bits per heavy atom. The number of amides is 1. The van der Waals surface area contributed by atoms with Gasteiger partial charge < -0.3 is 11.1 Å². The fourth-order valence-electron chi connectivity index (χ4n) is 2.71.